The van der Waals surface area contributed by atoms with Gasteiger partial charge in [0.05, 0.1) is 16.9 Å². The molecule has 0 radical (unpaired) electrons. The van der Waals surface area contributed by atoms with Crippen LogP contribution < -0.4 is 15.5 Å². The molecule has 0 spiro atoms. The summed E-state index contributed by atoms with van der Waals surface area (Å²) in [6.07, 6.45) is -4.95. The Kier molecular flexibility index (Phi) is 6.08. The Balaban J connectivity index is 1.66. The molecule has 0 aromatic heterocycles. The van der Waals surface area contributed by atoms with E-state index in [2.05, 4.69) is 10.1 Å². The normalized spacial score (nSPS) is 21.6. The van der Waals surface area contributed by atoms with Crippen molar-refractivity contribution < 1.29 is 45.2 Å². The number of benzene rings is 3. The Morgan fingerprint density at radius 2 is 1.41 bits per heavy atom. The standard InChI is InChI=1S/C27H22BF6NO4/c1-24(2)25(3,4)39-28(38-24)18-11-7-15(13-20(18)30)26(14-5-8-16(9-6-14)37-27(32,33)34)17-10-12-19(29)21(31)22(17)35-23(26)36/h5-13H,1-4H3,(H,35,36). The third-order valence-electron chi connectivity index (χ3n) is 7.54. The fraction of sp³-hybridized carbons (Fsp3) is 0.296. The van der Waals surface area contributed by atoms with E-state index in [1.54, 1.807) is 27.7 Å². The van der Waals surface area contributed by atoms with Crippen LogP contribution >= 0.6 is 0 Å². The van der Waals surface area contributed by atoms with Gasteiger partial charge in [-0.25, -0.2) is 13.2 Å². The number of anilines is 1. The number of alkyl halides is 3. The number of hydrogen-bond acceptors (Lipinski definition) is 4. The predicted octanol–water partition coefficient (Wildman–Crippen LogP) is 5.59. The van der Waals surface area contributed by atoms with E-state index in [-0.39, 0.29) is 22.2 Å². The van der Waals surface area contributed by atoms with Crippen LogP contribution in [-0.2, 0) is 19.5 Å². The summed E-state index contributed by atoms with van der Waals surface area (Å²) in [5.41, 5.74) is -3.80. The first-order chi connectivity index (χ1) is 18.1. The minimum absolute atomic E-state index is 0.0204. The second kappa shape index (κ2) is 8.75. The number of hydrogen-bond donors (Lipinski definition) is 1. The van der Waals surface area contributed by atoms with Gasteiger partial charge < -0.3 is 19.4 Å². The second-order valence-electron chi connectivity index (χ2n) is 10.4. The molecular formula is C27H22BF6NO4. The summed E-state index contributed by atoms with van der Waals surface area (Å²) in [5, 5.41) is 2.32. The quantitative estimate of drug-likeness (QED) is 0.341. The Labute approximate surface area is 220 Å². The molecule has 5 rings (SSSR count). The molecule has 1 fully saturated rings. The average molecular weight is 549 g/mol. The van der Waals surface area contributed by atoms with Gasteiger partial charge in [-0.1, -0.05) is 30.3 Å². The minimum Gasteiger partial charge on any atom is -0.406 e. The molecule has 2 aliphatic heterocycles. The number of fused-ring (bicyclic) bond motifs is 1. The van der Waals surface area contributed by atoms with Gasteiger partial charge in [0, 0.05) is 11.0 Å². The Morgan fingerprint density at radius 1 is 0.821 bits per heavy atom. The lowest BCUT2D eigenvalue weighted by molar-refractivity contribution is -0.274. The number of ether oxygens (including phenoxy) is 1. The van der Waals surface area contributed by atoms with E-state index in [0.29, 0.717) is 0 Å². The van der Waals surface area contributed by atoms with E-state index >= 15 is 4.39 Å². The highest BCUT2D eigenvalue weighted by atomic mass is 19.4. The Morgan fingerprint density at radius 3 is 1.97 bits per heavy atom. The minimum atomic E-state index is -4.95. The lowest BCUT2D eigenvalue weighted by Crippen LogP contribution is -2.41. The van der Waals surface area contributed by atoms with Crippen LogP contribution in [0.4, 0.5) is 32.0 Å². The van der Waals surface area contributed by atoms with E-state index in [1.165, 1.54) is 30.3 Å². The van der Waals surface area contributed by atoms with Crippen molar-refractivity contribution in [3.63, 3.8) is 0 Å². The number of halogens is 6. The molecule has 3 aromatic carbocycles. The van der Waals surface area contributed by atoms with Crippen LogP contribution in [0.15, 0.2) is 54.6 Å². The van der Waals surface area contributed by atoms with Gasteiger partial charge >= 0.3 is 13.5 Å². The zero-order valence-corrected chi connectivity index (χ0v) is 21.2. The molecule has 204 valence electrons. The van der Waals surface area contributed by atoms with E-state index in [9.17, 15) is 26.7 Å². The SMILES string of the molecule is CC1(C)OB(c2ccc(C3(c4ccc(OC(F)(F)F)cc4)C(=O)Nc4c3ccc(F)c4F)cc2F)OC1(C)C. The Bertz CT molecular complexity index is 1460. The summed E-state index contributed by atoms with van der Waals surface area (Å²) in [5.74, 6) is -4.76. The van der Waals surface area contributed by atoms with Crippen molar-refractivity contribution in [1.29, 1.82) is 0 Å². The van der Waals surface area contributed by atoms with E-state index in [1.807, 2.05) is 0 Å². The lowest BCUT2D eigenvalue weighted by Gasteiger charge is -2.32. The van der Waals surface area contributed by atoms with Gasteiger partial charge in [-0.15, -0.1) is 13.2 Å². The third kappa shape index (κ3) is 4.26. The van der Waals surface area contributed by atoms with E-state index in [0.717, 1.165) is 24.3 Å². The fourth-order valence-corrected chi connectivity index (χ4v) is 4.88. The zero-order valence-electron chi connectivity index (χ0n) is 21.2. The van der Waals surface area contributed by atoms with Crippen molar-refractivity contribution >= 4 is 24.2 Å². The van der Waals surface area contributed by atoms with Gasteiger partial charge in [0.25, 0.3) is 0 Å². The molecule has 0 bridgehead atoms. The van der Waals surface area contributed by atoms with Gasteiger partial charge in [-0.3, -0.25) is 4.79 Å². The maximum Gasteiger partial charge on any atom is 0.573 e. The van der Waals surface area contributed by atoms with Crippen LogP contribution in [0.25, 0.3) is 0 Å². The smallest absolute Gasteiger partial charge is 0.406 e. The van der Waals surface area contributed by atoms with Crippen molar-refractivity contribution in [3.05, 3.63) is 88.7 Å². The first-order valence-electron chi connectivity index (χ1n) is 11.9. The van der Waals surface area contributed by atoms with Crippen LogP contribution in [0, 0.1) is 17.5 Å². The lowest BCUT2D eigenvalue weighted by atomic mass is 9.68. The van der Waals surface area contributed by atoms with Gasteiger partial charge in [0.2, 0.25) is 5.91 Å². The van der Waals surface area contributed by atoms with Gasteiger partial charge in [0.1, 0.15) is 17.0 Å². The van der Waals surface area contributed by atoms with Crippen LogP contribution in [0.3, 0.4) is 0 Å². The molecule has 2 heterocycles. The molecular weight excluding hydrogens is 527 g/mol. The molecule has 3 aromatic rings. The summed E-state index contributed by atoms with van der Waals surface area (Å²) in [7, 11) is -1.06. The molecule has 2 aliphatic rings. The molecule has 0 aliphatic carbocycles. The zero-order chi connectivity index (χ0) is 28.5. The molecule has 1 amide bonds. The second-order valence-corrected chi connectivity index (χ2v) is 10.4. The van der Waals surface area contributed by atoms with Crippen molar-refractivity contribution in [2.24, 2.45) is 0 Å². The van der Waals surface area contributed by atoms with Crippen molar-refractivity contribution in [2.75, 3.05) is 5.32 Å². The van der Waals surface area contributed by atoms with Crippen LogP contribution in [0.5, 0.6) is 5.75 Å². The largest absolute Gasteiger partial charge is 0.573 e. The highest BCUT2D eigenvalue weighted by Crippen LogP contribution is 2.49. The first-order valence-corrected chi connectivity index (χ1v) is 11.9. The average Bonchev–Trinajstić information content (AvgIpc) is 3.24. The summed E-state index contributed by atoms with van der Waals surface area (Å²) < 4.78 is 98.4. The van der Waals surface area contributed by atoms with Crippen LogP contribution in [0.2, 0.25) is 0 Å². The monoisotopic (exact) mass is 549 g/mol. The van der Waals surface area contributed by atoms with Gasteiger partial charge in [0.15, 0.2) is 11.6 Å². The molecule has 5 nitrogen and oxygen atoms in total. The molecule has 1 saturated heterocycles. The summed E-state index contributed by atoms with van der Waals surface area (Å²) in [6.45, 7) is 7.20. The maximum atomic E-state index is 15.7. The number of rotatable bonds is 4. The van der Waals surface area contributed by atoms with Crippen LogP contribution in [-0.4, -0.2) is 30.6 Å². The van der Waals surface area contributed by atoms with Crippen molar-refractivity contribution in [2.45, 2.75) is 50.7 Å². The highest BCUT2D eigenvalue weighted by molar-refractivity contribution is 6.62. The summed E-state index contributed by atoms with van der Waals surface area (Å²) in [6, 6.07) is 10.1. The topological polar surface area (TPSA) is 56.8 Å². The maximum absolute atomic E-state index is 15.7. The molecule has 1 N–H and O–H groups in total. The molecule has 1 unspecified atom stereocenters. The fourth-order valence-electron chi connectivity index (χ4n) is 4.88. The number of amides is 1. The van der Waals surface area contributed by atoms with E-state index < -0.39 is 64.9 Å². The predicted molar refractivity (Wildman–Crippen MR) is 130 cm³/mol. The number of carbonyl (C=O) groups excluding carboxylic acids is 1. The molecule has 0 saturated carbocycles. The number of carbonyl (C=O) groups is 1. The summed E-state index contributed by atoms with van der Waals surface area (Å²) in [4.78, 5) is 13.6. The molecule has 39 heavy (non-hydrogen) atoms. The third-order valence-corrected chi connectivity index (χ3v) is 7.54. The Hall–Kier alpha value is -3.51. The molecule has 1 atom stereocenters. The highest BCUT2D eigenvalue weighted by Gasteiger charge is 2.54. The number of nitrogens with one attached hydrogen (secondary N) is 1. The summed E-state index contributed by atoms with van der Waals surface area (Å²) >= 11 is 0. The van der Waals surface area contributed by atoms with Crippen molar-refractivity contribution in [3.8, 4) is 5.75 Å². The van der Waals surface area contributed by atoms with Crippen LogP contribution in [0.1, 0.15) is 44.4 Å². The van der Waals surface area contributed by atoms with Gasteiger partial charge in [-0.05, 0) is 63.1 Å². The van der Waals surface area contributed by atoms with Crippen molar-refractivity contribution in [1.82, 2.24) is 0 Å². The van der Waals surface area contributed by atoms with E-state index in [4.69, 9.17) is 9.31 Å². The molecule has 12 heteroatoms. The first kappa shape index (κ1) is 27.1. The van der Waals surface area contributed by atoms with Gasteiger partial charge in [-0.2, -0.15) is 0 Å².